The van der Waals surface area contributed by atoms with Crippen LogP contribution in [0, 0.1) is 12.3 Å². The highest BCUT2D eigenvalue weighted by Gasteiger charge is 2.35. The van der Waals surface area contributed by atoms with Gasteiger partial charge in [-0.1, -0.05) is 0 Å². The van der Waals surface area contributed by atoms with Crippen molar-refractivity contribution in [1.29, 1.82) is 0 Å². The van der Waals surface area contributed by atoms with E-state index in [0.717, 1.165) is 0 Å². The van der Waals surface area contributed by atoms with Gasteiger partial charge >= 0.3 is 6.09 Å². The molecular formula is C12H17NO4. The number of carbonyl (C=O) groups is 2. The fourth-order valence-electron chi connectivity index (χ4n) is 1.54. The Balaban J connectivity index is 2.54. The van der Waals surface area contributed by atoms with Crippen molar-refractivity contribution < 1.29 is 19.1 Å². The Bertz CT molecular complexity index is 350. The van der Waals surface area contributed by atoms with Crippen molar-refractivity contribution in [3.63, 3.8) is 0 Å². The molecule has 1 heterocycles. The lowest BCUT2D eigenvalue weighted by Gasteiger charge is -2.22. The van der Waals surface area contributed by atoms with Crippen molar-refractivity contribution >= 4 is 11.9 Å². The van der Waals surface area contributed by atoms with Crippen LogP contribution in [0.25, 0.3) is 0 Å². The van der Waals surface area contributed by atoms with Crippen molar-refractivity contribution in [2.24, 2.45) is 0 Å². The molecule has 2 unspecified atom stereocenters. The molecule has 0 saturated carbocycles. The van der Waals surface area contributed by atoms with Crippen LogP contribution in [0.5, 0.6) is 0 Å². The summed E-state index contributed by atoms with van der Waals surface area (Å²) in [6, 6.07) is -0.409. The van der Waals surface area contributed by atoms with Crippen LogP contribution in [-0.2, 0) is 14.3 Å². The summed E-state index contributed by atoms with van der Waals surface area (Å²) in [4.78, 5) is 22.9. The summed E-state index contributed by atoms with van der Waals surface area (Å²) in [6.45, 7) is 5.70. The fraction of sp³-hybridized carbons (Fsp3) is 0.667. The lowest BCUT2D eigenvalue weighted by molar-refractivity contribution is -0.122. The third-order valence-electron chi connectivity index (χ3n) is 2.19. The van der Waals surface area contributed by atoms with Crippen molar-refractivity contribution in [3.05, 3.63) is 0 Å². The Kier molecular flexibility index (Phi) is 4.13. The zero-order valence-corrected chi connectivity index (χ0v) is 10.3. The van der Waals surface area contributed by atoms with E-state index in [0.29, 0.717) is 13.0 Å². The number of alkyl carbamates (subject to hydrolysis) is 1. The summed E-state index contributed by atoms with van der Waals surface area (Å²) in [5.74, 6) is 1.55. The molecule has 0 aromatic carbocycles. The maximum absolute atomic E-state index is 11.5. The van der Waals surface area contributed by atoms with Gasteiger partial charge in [0.05, 0.1) is 6.04 Å². The molecule has 1 saturated heterocycles. The number of hydrogen-bond acceptors (Lipinski definition) is 4. The predicted octanol–water partition coefficient (Wildman–Crippen LogP) is 0.871. The summed E-state index contributed by atoms with van der Waals surface area (Å²) in [5.41, 5.74) is -0.574. The minimum Gasteiger partial charge on any atom is -0.444 e. The highest BCUT2D eigenvalue weighted by molar-refractivity contribution is 5.99. The SMILES string of the molecule is C#CC(=O)C1OCCC1NC(=O)OC(C)(C)C. The Morgan fingerprint density at radius 1 is 1.47 bits per heavy atom. The largest absolute Gasteiger partial charge is 0.444 e. The number of rotatable bonds is 2. The van der Waals surface area contributed by atoms with E-state index < -0.39 is 29.6 Å². The van der Waals surface area contributed by atoms with Gasteiger partial charge in [-0.2, -0.15) is 0 Å². The van der Waals surface area contributed by atoms with E-state index in [1.165, 1.54) is 0 Å². The number of carbonyl (C=O) groups excluding carboxylic acids is 2. The molecule has 0 radical (unpaired) electrons. The molecule has 0 aromatic heterocycles. The lowest BCUT2D eigenvalue weighted by atomic mass is 10.1. The molecule has 1 rings (SSSR count). The van der Waals surface area contributed by atoms with Crippen LogP contribution in [-0.4, -0.2) is 36.2 Å². The van der Waals surface area contributed by atoms with Gasteiger partial charge in [-0.05, 0) is 33.1 Å². The van der Waals surface area contributed by atoms with Crippen molar-refractivity contribution in [2.45, 2.75) is 44.9 Å². The monoisotopic (exact) mass is 239 g/mol. The smallest absolute Gasteiger partial charge is 0.407 e. The number of amides is 1. The number of Topliss-reactive ketones (excluding diaryl/α,β-unsaturated/α-hetero) is 1. The first-order chi connectivity index (χ1) is 7.83. The standard InChI is InChI=1S/C12H17NO4/c1-5-9(14)10-8(6-7-16-10)13-11(15)17-12(2,3)4/h1,8,10H,6-7H2,2-4H3,(H,13,15). The van der Waals surface area contributed by atoms with Crippen LogP contribution in [0.1, 0.15) is 27.2 Å². The average Bonchev–Trinajstić information content (AvgIpc) is 2.61. The summed E-state index contributed by atoms with van der Waals surface area (Å²) in [7, 11) is 0. The van der Waals surface area contributed by atoms with E-state index in [9.17, 15) is 9.59 Å². The van der Waals surface area contributed by atoms with Crippen LogP contribution in [0.2, 0.25) is 0 Å². The van der Waals surface area contributed by atoms with E-state index in [-0.39, 0.29) is 0 Å². The van der Waals surface area contributed by atoms with Gasteiger partial charge in [0.15, 0.2) is 0 Å². The average molecular weight is 239 g/mol. The Morgan fingerprint density at radius 3 is 2.65 bits per heavy atom. The van der Waals surface area contributed by atoms with E-state index in [1.54, 1.807) is 20.8 Å². The quantitative estimate of drug-likeness (QED) is 0.573. The highest BCUT2D eigenvalue weighted by atomic mass is 16.6. The summed E-state index contributed by atoms with van der Waals surface area (Å²) >= 11 is 0. The van der Waals surface area contributed by atoms with E-state index in [4.69, 9.17) is 15.9 Å². The fourth-order valence-corrected chi connectivity index (χ4v) is 1.54. The number of nitrogens with one attached hydrogen (secondary N) is 1. The molecule has 1 aliphatic heterocycles. The molecule has 0 aromatic rings. The number of ketones is 1. The zero-order valence-electron chi connectivity index (χ0n) is 10.3. The second kappa shape index (κ2) is 5.19. The number of hydrogen-bond donors (Lipinski definition) is 1. The molecule has 1 amide bonds. The van der Waals surface area contributed by atoms with Crippen LogP contribution in [0.15, 0.2) is 0 Å². The number of terminal acetylenes is 1. The van der Waals surface area contributed by atoms with Gasteiger partial charge in [0.2, 0.25) is 5.78 Å². The van der Waals surface area contributed by atoms with Crippen LogP contribution < -0.4 is 5.32 Å². The van der Waals surface area contributed by atoms with Gasteiger partial charge in [-0.25, -0.2) is 4.79 Å². The van der Waals surface area contributed by atoms with Crippen LogP contribution in [0.4, 0.5) is 4.79 Å². The Morgan fingerprint density at radius 2 is 2.12 bits per heavy atom. The summed E-state index contributed by atoms with van der Waals surface area (Å²) in [5, 5.41) is 2.60. The summed E-state index contributed by atoms with van der Waals surface area (Å²) in [6.07, 6.45) is 4.25. The minimum absolute atomic E-state index is 0.401. The first-order valence-electron chi connectivity index (χ1n) is 5.45. The molecule has 5 heteroatoms. The Hall–Kier alpha value is -1.54. The van der Waals surface area contributed by atoms with Crippen molar-refractivity contribution in [2.75, 3.05) is 6.61 Å². The predicted molar refractivity (Wildman–Crippen MR) is 61.4 cm³/mol. The molecule has 5 nitrogen and oxygen atoms in total. The topological polar surface area (TPSA) is 64.6 Å². The van der Waals surface area contributed by atoms with Crippen molar-refractivity contribution in [3.8, 4) is 12.3 Å². The molecule has 94 valence electrons. The van der Waals surface area contributed by atoms with Gasteiger partial charge in [0.25, 0.3) is 0 Å². The molecular weight excluding hydrogens is 222 g/mol. The van der Waals surface area contributed by atoms with Crippen molar-refractivity contribution in [1.82, 2.24) is 5.32 Å². The molecule has 0 spiro atoms. The first-order valence-corrected chi connectivity index (χ1v) is 5.45. The summed E-state index contributed by atoms with van der Waals surface area (Å²) < 4.78 is 10.3. The van der Waals surface area contributed by atoms with Gasteiger partial charge in [0.1, 0.15) is 11.7 Å². The highest BCUT2D eigenvalue weighted by Crippen LogP contribution is 2.15. The van der Waals surface area contributed by atoms with Gasteiger partial charge in [0, 0.05) is 6.61 Å². The van der Waals surface area contributed by atoms with Crippen LogP contribution >= 0.6 is 0 Å². The lowest BCUT2D eigenvalue weighted by Crippen LogP contribution is -2.45. The zero-order chi connectivity index (χ0) is 13.1. The first kappa shape index (κ1) is 13.5. The van der Waals surface area contributed by atoms with E-state index >= 15 is 0 Å². The Labute approximate surface area is 101 Å². The van der Waals surface area contributed by atoms with E-state index in [1.807, 2.05) is 5.92 Å². The third kappa shape index (κ3) is 4.08. The van der Waals surface area contributed by atoms with Crippen LogP contribution in [0.3, 0.4) is 0 Å². The molecule has 2 atom stereocenters. The normalized spacial score (nSPS) is 23.9. The maximum atomic E-state index is 11.5. The van der Waals surface area contributed by atoms with Gasteiger partial charge < -0.3 is 14.8 Å². The minimum atomic E-state index is -0.757. The molecule has 1 fully saturated rings. The maximum Gasteiger partial charge on any atom is 0.407 e. The third-order valence-corrected chi connectivity index (χ3v) is 2.19. The number of ether oxygens (including phenoxy) is 2. The second-order valence-corrected chi connectivity index (χ2v) is 4.84. The second-order valence-electron chi connectivity index (χ2n) is 4.84. The molecule has 0 bridgehead atoms. The molecule has 1 N–H and O–H groups in total. The van der Waals surface area contributed by atoms with E-state index in [2.05, 4.69) is 5.32 Å². The molecule has 17 heavy (non-hydrogen) atoms. The van der Waals surface area contributed by atoms with Gasteiger partial charge in [-0.3, -0.25) is 4.79 Å². The molecule has 0 aliphatic carbocycles. The van der Waals surface area contributed by atoms with Gasteiger partial charge in [-0.15, -0.1) is 6.42 Å². The molecule has 1 aliphatic rings.